The maximum Gasteiger partial charge on any atom is 0.256 e. The molecule has 0 spiro atoms. The third kappa shape index (κ3) is 4.84. The van der Waals surface area contributed by atoms with Crippen LogP contribution >= 0.6 is 11.3 Å². The Balaban J connectivity index is 1.25. The summed E-state index contributed by atoms with van der Waals surface area (Å²) < 4.78 is 20.6. The quantitative estimate of drug-likeness (QED) is 0.385. The minimum absolute atomic E-state index is 0.0997. The third-order valence-corrected chi connectivity index (χ3v) is 6.79. The molecule has 0 unspecified atom stereocenters. The van der Waals surface area contributed by atoms with Crippen molar-refractivity contribution in [1.29, 1.82) is 0 Å². The number of amides is 1. The highest BCUT2D eigenvalue weighted by molar-refractivity contribution is 7.22. The number of likely N-dealkylation sites (tertiary alicyclic amines) is 1. The van der Waals surface area contributed by atoms with E-state index in [1.807, 2.05) is 42.5 Å². The standard InChI is InChI=1S/C25H24FN5O2S/c1-16(26)24(32)31-14-10-17(11-15-31)22-23(28-13-12-27-22)33-19-8-6-18(7-9-19)29-25-30-20-4-2-3-5-21(20)34-25/h2-9,12-13,16-17H,10-11,14-15H2,1H3,(H,29,30)/t16-/m1/s1. The topological polar surface area (TPSA) is 80.2 Å². The van der Waals surface area contributed by atoms with Crippen LogP contribution in [0.4, 0.5) is 15.2 Å². The highest BCUT2D eigenvalue weighted by Crippen LogP contribution is 2.34. The fraction of sp³-hybridized carbons (Fsp3) is 0.280. The molecule has 1 atom stereocenters. The molecule has 5 rings (SSSR count). The number of thiazole rings is 1. The van der Waals surface area contributed by atoms with Gasteiger partial charge in [0.25, 0.3) is 5.91 Å². The van der Waals surface area contributed by atoms with Gasteiger partial charge in [-0.2, -0.15) is 0 Å². The molecule has 1 fully saturated rings. The van der Waals surface area contributed by atoms with Crippen molar-refractivity contribution in [3.63, 3.8) is 0 Å². The largest absolute Gasteiger partial charge is 0.437 e. The van der Waals surface area contributed by atoms with Gasteiger partial charge in [-0.3, -0.25) is 9.78 Å². The van der Waals surface area contributed by atoms with Gasteiger partial charge < -0.3 is 15.0 Å². The molecule has 1 saturated heterocycles. The van der Waals surface area contributed by atoms with Crippen molar-refractivity contribution < 1.29 is 13.9 Å². The van der Waals surface area contributed by atoms with Crippen molar-refractivity contribution in [3.05, 3.63) is 66.6 Å². The Hall–Kier alpha value is -3.59. The normalized spacial score (nSPS) is 15.3. The first-order valence-corrected chi connectivity index (χ1v) is 12.0. The Labute approximate surface area is 200 Å². The summed E-state index contributed by atoms with van der Waals surface area (Å²) in [4.78, 5) is 27.0. The zero-order chi connectivity index (χ0) is 23.5. The van der Waals surface area contributed by atoms with Crippen LogP contribution in [0.1, 0.15) is 31.4 Å². The van der Waals surface area contributed by atoms with Gasteiger partial charge in [-0.1, -0.05) is 23.5 Å². The number of fused-ring (bicyclic) bond motifs is 1. The van der Waals surface area contributed by atoms with Crippen LogP contribution in [0.25, 0.3) is 10.2 Å². The lowest BCUT2D eigenvalue weighted by Crippen LogP contribution is -2.41. The molecular formula is C25H24FN5O2S. The molecule has 9 heteroatoms. The van der Waals surface area contributed by atoms with E-state index in [0.29, 0.717) is 37.6 Å². The summed E-state index contributed by atoms with van der Waals surface area (Å²) in [5.41, 5.74) is 2.64. The Kier molecular flexibility index (Phi) is 6.35. The lowest BCUT2D eigenvalue weighted by atomic mass is 9.93. The number of carbonyl (C=O) groups is 1. The first-order valence-electron chi connectivity index (χ1n) is 11.2. The van der Waals surface area contributed by atoms with Gasteiger partial charge in [-0.15, -0.1) is 0 Å². The molecule has 2 aromatic heterocycles. The number of aromatic nitrogens is 3. The highest BCUT2D eigenvalue weighted by atomic mass is 32.1. The summed E-state index contributed by atoms with van der Waals surface area (Å²) in [6.07, 6.45) is 3.16. The minimum atomic E-state index is -1.47. The molecule has 174 valence electrons. The smallest absolute Gasteiger partial charge is 0.256 e. The molecule has 0 radical (unpaired) electrons. The van der Waals surface area contributed by atoms with Crippen molar-refractivity contribution in [2.75, 3.05) is 18.4 Å². The maximum atomic E-state index is 13.4. The third-order valence-electron chi connectivity index (χ3n) is 5.84. The number of piperidine rings is 1. The zero-order valence-corrected chi connectivity index (χ0v) is 19.5. The van der Waals surface area contributed by atoms with E-state index in [1.54, 1.807) is 28.6 Å². The summed E-state index contributed by atoms with van der Waals surface area (Å²) in [6, 6.07) is 15.6. The summed E-state index contributed by atoms with van der Waals surface area (Å²) >= 11 is 1.60. The number of hydrogen-bond donors (Lipinski definition) is 1. The van der Waals surface area contributed by atoms with E-state index >= 15 is 0 Å². The van der Waals surface area contributed by atoms with Crippen LogP contribution in [0.15, 0.2) is 60.9 Å². The second kappa shape index (κ2) is 9.72. The van der Waals surface area contributed by atoms with Gasteiger partial charge in [0.15, 0.2) is 11.3 Å². The van der Waals surface area contributed by atoms with Crippen LogP contribution < -0.4 is 10.1 Å². The number of ether oxygens (including phenoxy) is 1. The van der Waals surface area contributed by atoms with Gasteiger partial charge >= 0.3 is 0 Å². The van der Waals surface area contributed by atoms with Gasteiger partial charge in [0.2, 0.25) is 5.88 Å². The van der Waals surface area contributed by atoms with Crippen LogP contribution in [0.3, 0.4) is 0 Å². The number of carbonyl (C=O) groups excluding carboxylic acids is 1. The number of halogens is 1. The van der Waals surface area contributed by atoms with Crippen LogP contribution in [0.5, 0.6) is 11.6 Å². The van der Waals surface area contributed by atoms with Gasteiger partial charge in [-0.25, -0.2) is 14.4 Å². The van der Waals surface area contributed by atoms with Crippen molar-refractivity contribution in [2.24, 2.45) is 0 Å². The average molecular weight is 478 g/mol. The molecule has 7 nitrogen and oxygen atoms in total. The van der Waals surface area contributed by atoms with Crippen molar-refractivity contribution >= 4 is 38.3 Å². The van der Waals surface area contributed by atoms with E-state index in [9.17, 15) is 9.18 Å². The maximum absolute atomic E-state index is 13.4. The van der Waals surface area contributed by atoms with E-state index in [4.69, 9.17) is 4.74 Å². The molecule has 1 amide bonds. The lowest BCUT2D eigenvalue weighted by molar-refractivity contribution is -0.137. The molecule has 1 aliphatic heterocycles. The fourth-order valence-corrected chi connectivity index (χ4v) is 4.97. The number of benzene rings is 2. The van der Waals surface area contributed by atoms with Crippen LogP contribution in [0.2, 0.25) is 0 Å². The number of anilines is 2. The average Bonchev–Trinajstić information content (AvgIpc) is 3.27. The Morgan fingerprint density at radius 3 is 2.59 bits per heavy atom. The van der Waals surface area contributed by atoms with Crippen LogP contribution in [0, 0.1) is 0 Å². The van der Waals surface area contributed by atoms with E-state index in [1.165, 1.54) is 6.92 Å². The number of hydrogen-bond acceptors (Lipinski definition) is 7. The number of nitrogens with one attached hydrogen (secondary N) is 1. The number of alkyl halides is 1. The summed E-state index contributed by atoms with van der Waals surface area (Å²) in [6.45, 7) is 2.28. The first-order chi connectivity index (χ1) is 16.6. The highest BCUT2D eigenvalue weighted by Gasteiger charge is 2.29. The van der Waals surface area contributed by atoms with E-state index < -0.39 is 12.1 Å². The molecule has 1 N–H and O–H groups in total. The van der Waals surface area contributed by atoms with E-state index in [0.717, 1.165) is 26.7 Å². The molecule has 2 aromatic carbocycles. The zero-order valence-electron chi connectivity index (χ0n) is 18.6. The second-order valence-corrected chi connectivity index (χ2v) is 9.23. The molecule has 3 heterocycles. The van der Waals surface area contributed by atoms with Crippen molar-refractivity contribution in [3.8, 4) is 11.6 Å². The summed E-state index contributed by atoms with van der Waals surface area (Å²) in [7, 11) is 0. The monoisotopic (exact) mass is 477 g/mol. The molecule has 0 bridgehead atoms. The predicted octanol–water partition coefficient (Wildman–Crippen LogP) is 5.69. The summed E-state index contributed by atoms with van der Waals surface area (Å²) in [5.74, 6) is 0.754. The van der Waals surface area contributed by atoms with Gasteiger partial charge in [-0.05, 0) is 56.2 Å². The lowest BCUT2D eigenvalue weighted by Gasteiger charge is -2.32. The number of nitrogens with zero attached hydrogens (tertiary/aromatic N) is 4. The minimum Gasteiger partial charge on any atom is -0.437 e. The molecular weight excluding hydrogens is 453 g/mol. The SMILES string of the molecule is C[C@@H](F)C(=O)N1CCC(c2nccnc2Oc2ccc(Nc3nc4ccccc4s3)cc2)CC1. The van der Waals surface area contributed by atoms with Gasteiger partial charge in [0.1, 0.15) is 11.4 Å². The van der Waals surface area contributed by atoms with Crippen molar-refractivity contribution in [2.45, 2.75) is 31.9 Å². The predicted molar refractivity (Wildman–Crippen MR) is 131 cm³/mol. The second-order valence-electron chi connectivity index (χ2n) is 8.20. The molecule has 34 heavy (non-hydrogen) atoms. The molecule has 0 saturated carbocycles. The first kappa shape index (κ1) is 22.2. The molecule has 0 aliphatic carbocycles. The van der Waals surface area contributed by atoms with Crippen molar-refractivity contribution in [1.82, 2.24) is 19.9 Å². The van der Waals surface area contributed by atoms with Crippen LogP contribution in [-0.2, 0) is 4.79 Å². The molecule has 1 aliphatic rings. The fourth-order valence-electron chi connectivity index (χ4n) is 4.09. The van der Waals surface area contributed by atoms with E-state index in [-0.39, 0.29) is 5.92 Å². The van der Waals surface area contributed by atoms with Gasteiger partial charge in [0.05, 0.1) is 10.2 Å². The Morgan fingerprint density at radius 1 is 1.12 bits per heavy atom. The van der Waals surface area contributed by atoms with Crippen LogP contribution in [-0.4, -0.2) is 45.0 Å². The number of rotatable bonds is 6. The summed E-state index contributed by atoms with van der Waals surface area (Å²) in [5, 5.41) is 4.17. The number of para-hydroxylation sites is 1. The Bertz CT molecular complexity index is 1250. The Morgan fingerprint density at radius 2 is 1.85 bits per heavy atom. The van der Waals surface area contributed by atoms with E-state index in [2.05, 4.69) is 26.3 Å². The van der Waals surface area contributed by atoms with Gasteiger partial charge in [0, 0.05) is 37.1 Å². The molecule has 4 aromatic rings.